The van der Waals surface area contributed by atoms with Crippen molar-refractivity contribution in [3.05, 3.63) is 35.9 Å². The molecule has 0 saturated carbocycles. The Morgan fingerprint density at radius 2 is 1.93 bits per heavy atom. The molecule has 1 aromatic rings. The summed E-state index contributed by atoms with van der Waals surface area (Å²) in [4.78, 5) is 0. The van der Waals surface area contributed by atoms with Gasteiger partial charge in [-0.25, -0.2) is 0 Å². The first-order chi connectivity index (χ1) is 7.27. The Morgan fingerprint density at radius 1 is 1.20 bits per heavy atom. The molecule has 0 unspecified atom stereocenters. The van der Waals surface area contributed by atoms with Crippen molar-refractivity contribution in [2.75, 3.05) is 6.61 Å². The van der Waals surface area contributed by atoms with Gasteiger partial charge in [-0.1, -0.05) is 30.3 Å². The third-order valence-corrected chi connectivity index (χ3v) is 3.34. The van der Waals surface area contributed by atoms with Crippen LogP contribution in [-0.2, 0) is 9.47 Å². The molecule has 0 bridgehead atoms. The van der Waals surface area contributed by atoms with Crippen LogP contribution in [0.2, 0.25) is 0 Å². The summed E-state index contributed by atoms with van der Waals surface area (Å²) >= 11 is 0. The van der Waals surface area contributed by atoms with E-state index in [2.05, 4.69) is 31.2 Å². The van der Waals surface area contributed by atoms with E-state index in [1.165, 1.54) is 5.56 Å². The van der Waals surface area contributed by atoms with Gasteiger partial charge in [-0.05, 0) is 12.5 Å². The summed E-state index contributed by atoms with van der Waals surface area (Å²) in [6.45, 7) is 3.06. The maximum atomic E-state index is 5.97. The zero-order valence-corrected chi connectivity index (χ0v) is 8.98. The number of benzene rings is 1. The largest absolute Gasteiger partial charge is 0.370 e. The van der Waals surface area contributed by atoms with Gasteiger partial charge in [0.2, 0.25) is 0 Å². The molecular weight excluding hydrogens is 188 g/mol. The minimum Gasteiger partial charge on any atom is -0.370 e. The van der Waals surface area contributed by atoms with Crippen molar-refractivity contribution in [1.82, 2.24) is 0 Å². The highest BCUT2D eigenvalue weighted by Crippen LogP contribution is 2.46. The van der Waals surface area contributed by atoms with Gasteiger partial charge in [0, 0.05) is 12.8 Å². The van der Waals surface area contributed by atoms with Crippen molar-refractivity contribution in [3.8, 4) is 0 Å². The van der Waals surface area contributed by atoms with Gasteiger partial charge in [0.05, 0.1) is 24.4 Å². The van der Waals surface area contributed by atoms with Crippen LogP contribution in [-0.4, -0.2) is 18.3 Å². The third kappa shape index (κ3) is 1.80. The van der Waals surface area contributed by atoms with Gasteiger partial charge in [0.25, 0.3) is 0 Å². The van der Waals surface area contributed by atoms with Crippen LogP contribution in [0.1, 0.15) is 31.4 Å². The van der Waals surface area contributed by atoms with E-state index < -0.39 is 0 Å². The molecule has 15 heavy (non-hydrogen) atoms. The molecule has 1 aromatic carbocycles. The molecule has 0 aromatic heterocycles. The van der Waals surface area contributed by atoms with Gasteiger partial charge in [0.1, 0.15) is 0 Å². The van der Waals surface area contributed by atoms with Crippen molar-refractivity contribution in [1.29, 1.82) is 0 Å². The molecule has 0 N–H and O–H groups in total. The van der Waals surface area contributed by atoms with E-state index in [1.807, 2.05) is 6.07 Å². The van der Waals surface area contributed by atoms with Crippen molar-refractivity contribution in [3.63, 3.8) is 0 Å². The van der Waals surface area contributed by atoms with Crippen molar-refractivity contribution < 1.29 is 9.47 Å². The van der Waals surface area contributed by atoms with Crippen LogP contribution >= 0.6 is 0 Å². The van der Waals surface area contributed by atoms with Gasteiger partial charge in [-0.2, -0.15) is 0 Å². The lowest BCUT2D eigenvalue weighted by molar-refractivity contribution is -0.0716. The van der Waals surface area contributed by atoms with E-state index >= 15 is 0 Å². The lowest BCUT2D eigenvalue weighted by Crippen LogP contribution is -2.31. The van der Waals surface area contributed by atoms with Gasteiger partial charge in [-0.15, -0.1) is 0 Å². The van der Waals surface area contributed by atoms with Gasteiger partial charge in [0.15, 0.2) is 0 Å². The Labute approximate surface area is 90.2 Å². The van der Waals surface area contributed by atoms with Crippen LogP contribution in [0.3, 0.4) is 0 Å². The number of rotatable bonds is 1. The van der Waals surface area contributed by atoms with Gasteiger partial charge in [-0.3, -0.25) is 0 Å². The summed E-state index contributed by atoms with van der Waals surface area (Å²) in [7, 11) is 0. The van der Waals surface area contributed by atoms with E-state index in [1.54, 1.807) is 0 Å². The first-order valence-corrected chi connectivity index (χ1v) is 5.62. The minimum absolute atomic E-state index is 0.151. The zero-order chi connectivity index (χ0) is 10.3. The van der Waals surface area contributed by atoms with E-state index in [9.17, 15) is 0 Å². The Bertz CT molecular complexity index is 343. The molecule has 2 aliphatic heterocycles. The van der Waals surface area contributed by atoms with Crippen LogP contribution < -0.4 is 0 Å². The standard InChI is InChI=1S/C13H16O2/c1-10-7-13(9-14-13)8-12(15-10)11-5-3-2-4-6-11/h2-6,10,12H,7-9H2,1H3/t10-,12-,13-/m1/s1. The monoisotopic (exact) mass is 204 g/mol. The van der Waals surface area contributed by atoms with Crippen LogP contribution in [0.15, 0.2) is 30.3 Å². The molecule has 0 amide bonds. The van der Waals surface area contributed by atoms with E-state index in [0.29, 0.717) is 6.10 Å². The second-order valence-electron chi connectivity index (χ2n) is 4.73. The highest BCUT2D eigenvalue weighted by molar-refractivity contribution is 5.20. The molecule has 80 valence electrons. The first kappa shape index (κ1) is 9.37. The van der Waals surface area contributed by atoms with Crippen LogP contribution in [0.25, 0.3) is 0 Å². The van der Waals surface area contributed by atoms with Crippen LogP contribution in [0, 0.1) is 0 Å². The molecule has 2 fully saturated rings. The average molecular weight is 204 g/mol. The lowest BCUT2D eigenvalue weighted by Gasteiger charge is -2.32. The Balaban J connectivity index is 1.81. The normalized spacial score (nSPS) is 39.3. The van der Waals surface area contributed by atoms with Crippen LogP contribution in [0.4, 0.5) is 0 Å². The van der Waals surface area contributed by atoms with Gasteiger partial charge < -0.3 is 9.47 Å². The number of hydrogen-bond donors (Lipinski definition) is 0. The zero-order valence-electron chi connectivity index (χ0n) is 8.98. The number of ether oxygens (including phenoxy) is 2. The molecule has 2 nitrogen and oxygen atoms in total. The second-order valence-corrected chi connectivity index (χ2v) is 4.73. The van der Waals surface area contributed by atoms with Crippen molar-refractivity contribution in [2.24, 2.45) is 0 Å². The molecule has 3 rings (SSSR count). The topological polar surface area (TPSA) is 21.8 Å². The first-order valence-electron chi connectivity index (χ1n) is 5.62. The highest BCUT2D eigenvalue weighted by Gasteiger charge is 2.50. The van der Waals surface area contributed by atoms with E-state index in [0.717, 1.165) is 19.4 Å². The Hall–Kier alpha value is -0.860. The molecular formula is C13H16O2. The number of hydrogen-bond acceptors (Lipinski definition) is 2. The lowest BCUT2D eigenvalue weighted by atomic mass is 9.89. The average Bonchev–Trinajstić information content (AvgIpc) is 2.97. The summed E-state index contributed by atoms with van der Waals surface area (Å²) in [6.07, 6.45) is 2.60. The van der Waals surface area contributed by atoms with Gasteiger partial charge >= 0.3 is 0 Å². The molecule has 2 heterocycles. The SMILES string of the molecule is C[C@@H]1C[C@]2(CO2)C[C@H](c2ccccc2)O1. The molecule has 2 saturated heterocycles. The van der Waals surface area contributed by atoms with E-state index in [-0.39, 0.29) is 11.7 Å². The molecule has 1 spiro atoms. The Morgan fingerprint density at radius 3 is 2.60 bits per heavy atom. The molecule has 2 aliphatic rings. The Kier molecular flexibility index (Phi) is 2.08. The summed E-state index contributed by atoms with van der Waals surface area (Å²) in [5, 5.41) is 0. The smallest absolute Gasteiger partial charge is 0.0969 e. The summed E-state index contributed by atoms with van der Waals surface area (Å²) in [5.41, 5.74) is 1.43. The van der Waals surface area contributed by atoms with Crippen molar-refractivity contribution >= 4 is 0 Å². The maximum absolute atomic E-state index is 5.97. The summed E-state index contributed by atoms with van der Waals surface area (Å²) in [5.74, 6) is 0. The van der Waals surface area contributed by atoms with Crippen molar-refractivity contribution in [2.45, 2.75) is 37.6 Å². The molecule has 3 atom stereocenters. The second kappa shape index (κ2) is 3.32. The van der Waals surface area contributed by atoms with Crippen LogP contribution in [0.5, 0.6) is 0 Å². The molecule has 0 aliphatic carbocycles. The predicted octanol–water partition coefficient (Wildman–Crippen LogP) is 2.70. The minimum atomic E-state index is 0.151. The summed E-state index contributed by atoms with van der Waals surface area (Å²) in [6, 6.07) is 10.5. The molecule has 0 radical (unpaired) electrons. The van der Waals surface area contributed by atoms with E-state index in [4.69, 9.17) is 9.47 Å². The fourth-order valence-corrected chi connectivity index (χ4v) is 2.52. The fourth-order valence-electron chi connectivity index (χ4n) is 2.52. The summed E-state index contributed by atoms with van der Waals surface area (Å²) < 4.78 is 11.5. The maximum Gasteiger partial charge on any atom is 0.0969 e. The quantitative estimate of drug-likeness (QED) is 0.656. The third-order valence-electron chi connectivity index (χ3n) is 3.34. The number of epoxide rings is 1. The molecule has 2 heteroatoms. The highest BCUT2D eigenvalue weighted by atomic mass is 16.6. The predicted molar refractivity (Wildman–Crippen MR) is 57.6 cm³/mol. The fraction of sp³-hybridized carbons (Fsp3) is 0.538.